The van der Waals surface area contributed by atoms with Crippen molar-refractivity contribution in [3.8, 4) is 6.07 Å². The number of hydrogen-bond donors (Lipinski definition) is 2. The van der Waals surface area contributed by atoms with Crippen molar-refractivity contribution in [3.05, 3.63) is 93.5 Å². The minimum Gasteiger partial charge on any atom is -0.384 e. The van der Waals surface area contributed by atoms with Crippen molar-refractivity contribution in [2.24, 2.45) is 4.99 Å². The molecule has 6 nitrogen and oxygen atoms in total. The highest BCUT2D eigenvalue weighted by molar-refractivity contribution is 8.18. The predicted octanol–water partition coefficient (Wildman–Crippen LogP) is 7.06. The van der Waals surface area contributed by atoms with Crippen molar-refractivity contribution in [1.82, 2.24) is 4.90 Å². The van der Waals surface area contributed by atoms with Crippen LogP contribution in [0.2, 0.25) is 5.02 Å². The molecule has 0 unspecified atom stereocenters. The highest BCUT2D eigenvalue weighted by Gasteiger charge is 2.36. The molecule has 0 bridgehead atoms. The van der Waals surface area contributed by atoms with E-state index in [0.717, 1.165) is 22.6 Å². The number of anilines is 2. The van der Waals surface area contributed by atoms with Gasteiger partial charge in [-0.25, -0.2) is 4.99 Å². The van der Waals surface area contributed by atoms with Gasteiger partial charge in [0.15, 0.2) is 5.17 Å². The first-order chi connectivity index (χ1) is 17.8. The fraction of sp³-hybridized carbons (Fsp3) is 0.179. The summed E-state index contributed by atoms with van der Waals surface area (Å²) in [5.74, 6) is -0.147. The van der Waals surface area contributed by atoms with E-state index < -0.39 is 0 Å². The Morgan fingerprint density at radius 2 is 1.95 bits per heavy atom. The Bertz CT molecular complexity index is 1410. The summed E-state index contributed by atoms with van der Waals surface area (Å²) in [5, 5.41) is 13.8. The van der Waals surface area contributed by atoms with Gasteiger partial charge in [0.25, 0.3) is 5.91 Å². The quantitative estimate of drug-likeness (QED) is 0.245. The average Bonchev–Trinajstić information content (AvgIpc) is 3.19. The van der Waals surface area contributed by atoms with Crippen LogP contribution in [0.3, 0.4) is 0 Å². The number of nitrogens with one attached hydrogen (secondary N) is 1. The maximum absolute atomic E-state index is 13.8. The standard InChI is InChI=1S/C28H26ClN5OS2/c1-4-31-22-14-13-20(16-30)15-23(22)32-28-34(17-19-9-6-5-7-10-19)27(35)26(37-28)18(2)33(3)25-21(29)11-8-12-24(25)36/h5-15,31,36H,4,17H2,1-3H3/b26-18+,32-28?. The Morgan fingerprint density at radius 1 is 1.19 bits per heavy atom. The largest absolute Gasteiger partial charge is 0.384 e. The van der Waals surface area contributed by atoms with E-state index in [1.807, 2.05) is 74.3 Å². The predicted molar refractivity (Wildman–Crippen MR) is 157 cm³/mol. The number of thiol groups is 1. The monoisotopic (exact) mass is 547 g/mol. The van der Waals surface area contributed by atoms with Gasteiger partial charge in [0.2, 0.25) is 0 Å². The zero-order valence-electron chi connectivity index (χ0n) is 20.7. The molecule has 0 spiro atoms. The van der Waals surface area contributed by atoms with Crippen LogP contribution < -0.4 is 10.2 Å². The van der Waals surface area contributed by atoms with Crippen LogP contribution in [0, 0.1) is 11.3 Å². The summed E-state index contributed by atoms with van der Waals surface area (Å²) >= 11 is 12.4. The van der Waals surface area contributed by atoms with Gasteiger partial charge in [0, 0.05) is 24.2 Å². The maximum Gasteiger partial charge on any atom is 0.268 e. The molecule has 1 aliphatic heterocycles. The zero-order valence-corrected chi connectivity index (χ0v) is 23.2. The lowest BCUT2D eigenvalue weighted by atomic mass is 10.2. The lowest BCUT2D eigenvalue weighted by Gasteiger charge is -2.24. The first kappa shape index (κ1) is 26.7. The summed E-state index contributed by atoms with van der Waals surface area (Å²) in [4.78, 5) is 23.5. The van der Waals surface area contributed by atoms with Gasteiger partial charge < -0.3 is 10.2 Å². The molecule has 0 radical (unpaired) electrons. The number of allylic oxidation sites excluding steroid dienone is 1. The van der Waals surface area contributed by atoms with E-state index in [9.17, 15) is 10.1 Å². The number of amidine groups is 1. The minimum atomic E-state index is -0.147. The van der Waals surface area contributed by atoms with Crippen LogP contribution in [-0.4, -0.2) is 29.6 Å². The molecule has 1 fully saturated rings. The van der Waals surface area contributed by atoms with E-state index >= 15 is 0 Å². The topological polar surface area (TPSA) is 71.7 Å². The highest BCUT2D eigenvalue weighted by atomic mass is 35.5. The van der Waals surface area contributed by atoms with Crippen LogP contribution in [0.1, 0.15) is 25.0 Å². The Morgan fingerprint density at radius 3 is 2.62 bits per heavy atom. The second-order valence-corrected chi connectivity index (χ2v) is 10.2. The van der Waals surface area contributed by atoms with Gasteiger partial charge in [-0.05, 0) is 61.5 Å². The van der Waals surface area contributed by atoms with Crippen molar-refractivity contribution in [2.75, 3.05) is 23.8 Å². The van der Waals surface area contributed by atoms with E-state index in [2.05, 4.69) is 24.0 Å². The third-order valence-electron chi connectivity index (χ3n) is 5.89. The zero-order chi connectivity index (χ0) is 26.5. The Balaban J connectivity index is 1.81. The van der Waals surface area contributed by atoms with E-state index in [1.54, 1.807) is 23.1 Å². The first-order valence-corrected chi connectivity index (χ1v) is 13.3. The molecule has 0 atom stereocenters. The molecule has 1 N–H and O–H groups in total. The van der Waals surface area contributed by atoms with E-state index in [-0.39, 0.29) is 5.91 Å². The molecule has 1 amide bonds. The van der Waals surface area contributed by atoms with Gasteiger partial charge in [-0.15, -0.1) is 12.6 Å². The highest BCUT2D eigenvalue weighted by Crippen LogP contribution is 2.41. The summed E-state index contributed by atoms with van der Waals surface area (Å²) in [6, 6.07) is 22.8. The van der Waals surface area contributed by atoms with Crippen LogP contribution in [-0.2, 0) is 11.3 Å². The summed E-state index contributed by atoms with van der Waals surface area (Å²) in [5.41, 5.74) is 4.34. The van der Waals surface area contributed by atoms with Crippen LogP contribution in [0.5, 0.6) is 0 Å². The van der Waals surface area contributed by atoms with E-state index in [1.165, 1.54) is 11.8 Å². The van der Waals surface area contributed by atoms with Crippen LogP contribution in [0.15, 0.2) is 87.2 Å². The molecule has 37 heavy (non-hydrogen) atoms. The van der Waals surface area contributed by atoms with Gasteiger partial charge >= 0.3 is 0 Å². The number of hydrogen-bond acceptors (Lipinski definition) is 7. The Hall–Kier alpha value is -3.38. The SMILES string of the molecule is CCNc1ccc(C#N)cc1N=C1S/C(=C(\C)N(C)c2c(S)cccc2Cl)C(=O)N1Cc1ccccc1. The molecular weight excluding hydrogens is 522 g/mol. The molecule has 1 heterocycles. The smallest absolute Gasteiger partial charge is 0.268 e. The number of rotatable bonds is 7. The molecule has 3 aromatic carbocycles. The molecule has 1 aliphatic rings. The summed E-state index contributed by atoms with van der Waals surface area (Å²) in [7, 11) is 1.87. The number of benzene rings is 3. The molecule has 0 saturated carbocycles. The van der Waals surface area contributed by atoms with Crippen molar-refractivity contribution < 1.29 is 4.79 Å². The molecule has 1 saturated heterocycles. The minimum absolute atomic E-state index is 0.147. The number of aliphatic imine (C=N–C) groups is 1. The average molecular weight is 548 g/mol. The normalized spacial score (nSPS) is 15.6. The van der Waals surface area contributed by atoms with Gasteiger partial charge in [-0.1, -0.05) is 48.0 Å². The summed E-state index contributed by atoms with van der Waals surface area (Å²) in [6.45, 7) is 4.95. The Labute approximate surface area is 232 Å². The third-order valence-corrected chi connectivity index (χ3v) is 7.72. The van der Waals surface area contributed by atoms with Crippen molar-refractivity contribution in [2.45, 2.75) is 25.3 Å². The molecule has 188 valence electrons. The van der Waals surface area contributed by atoms with Crippen LogP contribution in [0.25, 0.3) is 0 Å². The van der Waals surface area contributed by atoms with E-state index in [0.29, 0.717) is 44.3 Å². The lowest BCUT2D eigenvalue weighted by Crippen LogP contribution is -2.29. The number of carbonyl (C=O) groups excluding carboxylic acids is 1. The molecular formula is C28H26ClN5OS2. The van der Waals surface area contributed by atoms with Crippen molar-refractivity contribution in [1.29, 1.82) is 5.26 Å². The maximum atomic E-state index is 13.8. The number of carbonyl (C=O) groups is 1. The summed E-state index contributed by atoms with van der Waals surface area (Å²) in [6.07, 6.45) is 0. The second kappa shape index (κ2) is 11.8. The fourth-order valence-electron chi connectivity index (χ4n) is 3.91. The second-order valence-electron chi connectivity index (χ2n) is 8.33. The fourth-order valence-corrected chi connectivity index (χ4v) is 5.70. The number of halogens is 1. The Kier molecular flexibility index (Phi) is 8.49. The number of nitrogens with zero attached hydrogens (tertiary/aromatic N) is 4. The first-order valence-electron chi connectivity index (χ1n) is 11.7. The number of thioether (sulfide) groups is 1. The van der Waals surface area contributed by atoms with Crippen molar-refractivity contribution >= 4 is 64.1 Å². The molecule has 0 aliphatic carbocycles. The number of amides is 1. The van der Waals surface area contributed by atoms with Gasteiger partial charge in [0.1, 0.15) is 0 Å². The number of nitriles is 1. The van der Waals surface area contributed by atoms with Crippen molar-refractivity contribution in [3.63, 3.8) is 0 Å². The molecule has 9 heteroatoms. The van der Waals surface area contributed by atoms with Crippen LogP contribution >= 0.6 is 36.0 Å². The van der Waals surface area contributed by atoms with Gasteiger partial charge in [0.05, 0.1) is 45.2 Å². The lowest BCUT2D eigenvalue weighted by molar-refractivity contribution is -0.122. The molecule has 0 aromatic heterocycles. The number of para-hydroxylation sites is 1. The summed E-state index contributed by atoms with van der Waals surface area (Å²) < 4.78 is 0. The third kappa shape index (κ3) is 5.80. The molecule has 4 rings (SSSR count). The molecule has 3 aromatic rings. The van der Waals surface area contributed by atoms with E-state index in [4.69, 9.17) is 16.6 Å². The van der Waals surface area contributed by atoms with Gasteiger partial charge in [-0.2, -0.15) is 5.26 Å². The van der Waals surface area contributed by atoms with Crippen LogP contribution in [0.4, 0.5) is 17.1 Å². The van der Waals surface area contributed by atoms with Gasteiger partial charge in [-0.3, -0.25) is 9.69 Å².